The number of anilines is 1. The van der Waals surface area contributed by atoms with Gasteiger partial charge in [0.15, 0.2) is 0 Å². The Morgan fingerprint density at radius 3 is 2.57 bits per heavy atom. The minimum absolute atomic E-state index is 0.00267. The number of benzene rings is 1. The van der Waals surface area contributed by atoms with E-state index in [2.05, 4.69) is 5.32 Å². The second-order valence-electron chi connectivity index (χ2n) is 9.29. The van der Waals surface area contributed by atoms with Crippen LogP contribution in [0.2, 0.25) is 0 Å². The van der Waals surface area contributed by atoms with Gasteiger partial charge < -0.3 is 20.1 Å². The van der Waals surface area contributed by atoms with Gasteiger partial charge in [-0.25, -0.2) is 0 Å². The van der Waals surface area contributed by atoms with Crippen LogP contribution in [0.15, 0.2) is 41.5 Å². The van der Waals surface area contributed by atoms with Gasteiger partial charge >= 0.3 is 18.3 Å². The zero-order valence-electron chi connectivity index (χ0n) is 20.1. The fourth-order valence-electron chi connectivity index (χ4n) is 4.30. The molecule has 204 valence electrons. The van der Waals surface area contributed by atoms with Crippen LogP contribution in [0.5, 0.6) is 5.75 Å². The van der Waals surface area contributed by atoms with E-state index in [1.165, 1.54) is 0 Å². The van der Waals surface area contributed by atoms with Crippen molar-refractivity contribution in [3.63, 3.8) is 0 Å². The van der Waals surface area contributed by atoms with Gasteiger partial charge in [-0.05, 0) is 61.9 Å². The number of carbonyl (C=O) groups is 2. The first-order chi connectivity index (χ1) is 17.2. The maximum absolute atomic E-state index is 13.5. The Morgan fingerprint density at radius 2 is 1.92 bits per heavy atom. The molecule has 1 aliphatic heterocycles. The first kappa shape index (κ1) is 28.5. The monoisotopic (exact) mass is 534 g/mol. The van der Waals surface area contributed by atoms with Crippen LogP contribution in [0.4, 0.5) is 32.0 Å². The van der Waals surface area contributed by atoms with Crippen LogP contribution in [0.25, 0.3) is 0 Å². The molecule has 0 spiro atoms. The van der Waals surface area contributed by atoms with Crippen molar-refractivity contribution in [1.82, 2.24) is 5.32 Å². The Labute approximate surface area is 210 Å². The van der Waals surface area contributed by atoms with Crippen LogP contribution < -0.4 is 15.0 Å². The van der Waals surface area contributed by atoms with Gasteiger partial charge in [-0.1, -0.05) is 12.2 Å². The van der Waals surface area contributed by atoms with Crippen molar-refractivity contribution in [2.24, 2.45) is 5.41 Å². The molecule has 0 aromatic heterocycles. The molecule has 37 heavy (non-hydrogen) atoms. The van der Waals surface area contributed by atoms with Crippen molar-refractivity contribution >= 4 is 17.6 Å². The van der Waals surface area contributed by atoms with Crippen LogP contribution in [-0.2, 0) is 16.0 Å². The highest BCUT2D eigenvalue weighted by atomic mass is 19.4. The van der Waals surface area contributed by atoms with Crippen LogP contribution >= 0.6 is 0 Å². The molecule has 12 heteroatoms. The highest BCUT2D eigenvalue weighted by molar-refractivity contribution is 5.96. The summed E-state index contributed by atoms with van der Waals surface area (Å²) in [5, 5.41) is 11.4. The maximum atomic E-state index is 13.5. The van der Waals surface area contributed by atoms with Crippen LogP contribution in [-0.4, -0.2) is 55.6 Å². The number of nitrogens with one attached hydrogen (secondary N) is 1. The van der Waals surface area contributed by atoms with Gasteiger partial charge in [0.2, 0.25) is 5.91 Å². The van der Waals surface area contributed by atoms with Crippen molar-refractivity contribution in [2.45, 2.75) is 51.4 Å². The normalized spacial score (nSPS) is 19.8. The van der Waals surface area contributed by atoms with E-state index >= 15 is 0 Å². The second-order valence-corrected chi connectivity index (χ2v) is 9.29. The van der Waals surface area contributed by atoms with Gasteiger partial charge in [0.05, 0.1) is 25.0 Å². The molecule has 1 aromatic rings. The predicted molar refractivity (Wildman–Crippen MR) is 123 cm³/mol. The number of rotatable bonds is 10. The van der Waals surface area contributed by atoms with Gasteiger partial charge in [0.1, 0.15) is 5.75 Å². The van der Waals surface area contributed by atoms with Crippen molar-refractivity contribution < 1.29 is 45.8 Å². The zero-order chi connectivity index (χ0) is 27.4. The molecule has 0 saturated heterocycles. The van der Waals surface area contributed by atoms with Gasteiger partial charge in [0.25, 0.3) is 0 Å². The van der Waals surface area contributed by atoms with Crippen LogP contribution in [0.3, 0.4) is 0 Å². The van der Waals surface area contributed by atoms with Crippen molar-refractivity contribution in [1.29, 1.82) is 0 Å². The molecular weight excluding hydrogens is 506 g/mol. The molecule has 2 aliphatic rings. The highest BCUT2D eigenvalue weighted by Gasteiger charge is 2.54. The number of hydrogen-bond acceptors (Lipinski definition) is 4. The van der Waals surface area contributed by atoms with Crippen LogP contribution in [0.1, 0.15) is 38.2 Å². The number of halogens is 6. The molecule has 1 heterocycles. The highest BCUT2D eigenvalue weighted by Crippen LogP contribution is 2.50. The lowest BCUT2D eigenvalue weighted by Crippen LogP contribution is -2.37. The third-order valence-corrected chi connectivity index (χ3v) is 6.47. The van der Waals surface area contributed by atoms with Gasteiger partial charge in [0, 0.05) is 24.4 Å². The zero-order valence-corrected chi connectivity index (χ0v) is 20.1. The number of allylic oxidation sites excluding steroid dienone is 4. The van der Waals surface area contributed by atoms with E-state index in [4.69, 9.17) is 9.84 Å². The van der Waals surface area contributed by atoms with E-state index in [-0.39, 0.29) is 50.4 Å². The number of carbonyl (C=O) groups excluding carboxylic acids is 1. The van der Waals surface area contributed by atoms with Crippen molar-refractivity contribution in [3.05, 3.63) is 47.1 Å². The molecule has 0 fully saturated rings. The summed E-state index contributed by atoms with van der Waals surface area (Å²) in [6.07, 6.45) is -8.50. The van der Waals surface area contributed by atoms with E-state index in [1.54, 1.807) is 23.1 Å². The van der Waals surface area contributed by atoms with Gasteiger partial charge in [-0.2, -0.15) is 26.3 Å². The van der Waals surface area contributed by atoms with Gasteiger partial charge in [-0.15, -0.1) is 0 Å². The summed E-state index contributed by atoms with van der Waals surface area (Å²) < 4.78 is 85.9. The summed E-state index contributed by atoms with van der Waals surface area (Å²) in [6, 6.07) is 5.09. The Bertz CT molecular complexity index is 1080. The number of carboxylic acid groups (broad SMARTS) is 1. The Hall–Kier alpha value is -3.02. The number of fused-ring (bicyclic) bond motifs is 1. The summed E-state index contributed by atoms with van der Waals surface area (Å²) in [5.74, 6) is -0.689. The lowest BCUT2D eigenvalue weighted by atomic mass is 9.76. The number of ether oxygens (including phenoxy) is 1. The lowest BCUT2D eigenvalue weighted by molar-refractivity contribution is -0.204. The molecule has 6 nitrogen and oxygen atoms in total. The molecule has 0 bridgehead atoms. The summed E-state index contributed by atoms with van der Waals surface area (Å²) in [6.45, 7) is 1.45. The second kappa shape index (κ2) is 11.2. The number of amides is 1. The minimum Gasteiger partial charge on any atom is -0.494 e. The summed E-state index contributed by atoms with van der Waals surface area (Å²) in [7, 11) is 0. The smallest absolute Gasteiger partial charge is 0.412 e. The first-order valence-corrected chi connectivity index (χ1v) is 11.7. The quantitative estimate of drug-likeness (QED) is 0.319. The summed E-state index contributed by atoms with van der Waals surface area (Å²) in [4.78, 5) is 24.6. The van der Waals surface area contributed by atoms with E-state index < -0.39 is 35.7 Å². The third kappa shape index (κ3) is 7.06. The average molecular weight is 534 g/mol. The largest absolute Gasteiger partial charge is 0.494 e. The van der Waals surface area contributed by atoms with Crippen molar-refractivity contribution in [2.75, 3.05) is 31.1 Å². The molecular formula is C25H28F6N2O4. The number of carboxylic acids is 1. The number of alkyl halides is 6. The average Bonchev–Trinajstić information content (AvgIpc) is 3.22. The van der Waals surface area contributed by atoms with E-state index in [0.29, 0.717) is 24.4 Å². The summed E-state index contributed by atoms with van der Waals surface area (Å²) >= 11 is 0. The van der Waals surface area contributed by atoms with E-state index in [1.807, 2.05) is 0 Å². The Kier molecular flexibility index (Phi) is 8.61. The molecule has 1 aliphatic carbocycles. The van der Waals surface area contributed by atoms with E-state index in [0.717, 1.165) is 24.6 Å². The molecule has 1 aromatic carbocycles. The van der Waals surface area contributed by atoms with Crippen molar-refractivity contribution in [3.8, 4) is 5.75 Å². The fourth-order valence-corrected chi connectivity index (χ4v) is 4.30. The summed E-state index contributed by atoms with van der Waals surface area (Å²) in [5.41, 5.74) is -2.32. The molecule has 1 atom stereocenters. The number of nitrogens with zero attached hydrogens (tertiary/aromatic N) is 1. The molecule has 2 N–H and O–H groups in total. The molecule has 1 amide bonds. The molecule has 0 radical (unpaired) electrons. The standard InChI is InChI=1S/C25H28F6N2O4/c1-23(25(29,30)31)9-6-16(19(14-23)24(26,27)28)3-2-12-37-18-4-5-20-17(13-18)8-11-33(20)21(34)15-32-10-7-22(35)36/h4-6,9,13,32H,2-3,7-8,10-12,14-15H2,1H3,(H,35,36). The third-order valence-electron chi connectivity index (χ3n) is 6.47. The number of aliphatic carboxylic acids is 1. The topological polar surface area (TPSA) is 78.9 Å². The Morgan fingerprint density at radius 1 is 1.19 bits per heavy atom. The molecule has 3 rings (SSSR count). The molecule has 0 saturated carbocycles. The number of hydrogen-bond donors (Lipinski definition) is 2. The minimum atomic E-state index is -4.86. The molecule has 1 unspecified atom stereocenters. The van der Waals surface area contributed by atoms with Gasteiger partial charge in [-0.3, -0.25) is 9.59 Å². The lowest BCUT2D eigenvalue weighted by Gasteiger charge is -2.34. The first-order valence-electron chi connectivity index (χ1n) is 11.7. The predicted octanol–water partition coefficient (Wildman–Crippen LogP) is 5.19. The SMILES string of the molecule is CC1(C(F)(F)F)C=CC(CCCOc2ccc3c(c2)CCN3C(=O)CNCCC(=O)O)=C(C(F)(F)F)C1. The van der Waals surface area contributed by atoms with Crippen LogP contribution in [0, 0.1) is 5.41 Å². The Balaban J connectivity index is 1.54. The maximum Gasteiger partial charge on any atom is 0.412 e. The van der Waals surface area contributed by atoms with E-state index in [9.17, 15) is 35.9 Å². The fraction of sp³-hybridized carbons (Fsp3) is 0.520.